The average molecular weight is 345 g/mol. The monoisotopic (exact) mass is 345 g/mol. The molecule has 5 nitrogen and oxygen atoms in total. The summed E-state index contributed by atoms with van der Waals surface area (Å²) >= 11 is 0. The minimum absolute atomic E-state index is 0.229. The molecule has 6 heteroatoms. The zero-order chi connectivity index (χ0) is 18.2. The zero-order valence-corrected chi connectivity index (χ0v) is 14.8. The molecule has 2 rings (SSSR count). The summed E-state index contributed by atoms with van der Waals surface area (Å²) in [6.45, 7) is 2.70. The number of rotatable bonds is 7. The van der Waals surface area contributed by atoms with E-state index >= 15 is 0 Å². The van der Waals surface area contributed by atoms with Crippen molar-refractivity contribution in [2.24, 2.45) is 10.7 Å². The fraction of sp³-hybridized carbons (Fsp3) is 0.316. The first-order valence-electron chi connectivity index (χ1n) is 8.03. The van der Waals surface area contributed by atoms with Crippen molar-refractivity contribution in [2.45, 2.75) is 19.9 Å². The molecule has 0 spiro atoms. The molecule has 0 amide bonds. The van der Waals surface area contributed by atoms with Gasteiger partial charge in [-0.25, -0.2) is 9.38 Å². The van der Waals surface area contributed by atoms with E-state index in [0.29, 0.717) is 36.1 Å². The maximum atomic E-state index is 13.5. The van der Waals surface area contributed by atoms with Crippen molar-refractivity contribution < 1.29 is 13.9 Å². The van der Waals surface area contributed by atoms with Crippen molar-refractivity contribution in [1.82, 2.24) is 5.32 Å². The van der Waals surface area contributed by atoms with Crippen LogP contribution in [0.25, 0.3) is 0 Å². The highest BCUT2D eigenvalue weighted by molar-refractivity contribution is 5.77. The molecule has 0 atom stereocenters. The van der Waals surface area contributed by atoms with Gasteiger partial charge in [-0.15, -0.1) is 0 Å². The van der Waals surface area contributed by atoms with E-state index < -0.39 is 0 Å². The fourth-order valence-electron chi connectivity index (χ4n) is 2.34. The van der Waals surface area contributed by atoms with E-state index in [1.54, 1.807) is 27.2 Å². The van der Waals surface area contributed by atoms with Crippen LogP contribution >= 0.6 is 0 Å². The third kappa shape index (κ3) is 5.38. The van der Waals surface area contributed by atoms with Gasteiger partial charge >= 0.3 is 0 Å². The molecular formula is C19H24FN3O2. The van der Waals surface area contributed by atoms with E-state index in [1.807, 2.05) is 24.3 Å². The molecule has 0 fully saturated rings. The van der Waals surface area contributed by atoms with E-state index in [1.165, 1.54) is 6.07 Å². The number of halogens is 1. The van der Waals surface area contributed by atoms with Crippen molar-refractivity contribution in [3.05, 3.63) is 58.9 Å². The normalized spacial score (nSPS) is 11.3. The molecule has 0 aliphatic carbocycles. The molecule has 25 heavy (non-hydrogen) atoms. The molecule has 0 bridgehead atoms. The maximum Gasteiger partial charge on any atom is 0.188 e. The summed E-state index contributed by atoms with van der Waals surface area (Å²) in [5, 5.41) is 3.06. The van der Waals surface area contributed by atoms with Gasteiger partial charge in [-0.1, -0.05) is 18.2 Å². The van der Waals surface area contributed by atoms with Crippen molar-refractivity contribution in [3.63, 3.8) is 0 Å². The predicted octanol–water partition coefficient (Wildman–Crippen LogP) is 2.80. The summed E-state index contributed by atoms with van der Waals surface area (Å²) in [7, 11) is 3.22. The van der Waals surface area contributed by atoms with Crippen LogP contribution in [0.5, 0.6) is 11.5 Å². The number of hydrogen-bond acceptors (Lipinski definition) is 3. The van der Waals surface area contributed by atoms with Crippen LogP contribution < -0.4 is 20.5 Å². The molecule has 0 heterocycles. The molecule has 3 N–H and O–H groups in total. The Hall–Kier alpha value is -2.76. The molecule has 0 aliphatic rings. The summed E-state index contributed by atoms with van der Waals surface area (Å²) in [6, 6.07) is 10.8. The Kier molecular flexibility index (Phi) is 6.62. The van der Waals surface area contributed by atoms with E-state index in [9.17, 15) is 4.39 Å². The van der Waals surface area contributed by atoms with Gasteiger partial charge in [0.2, 0.25) is 0 Å². The number of nitrogens with two attached hydrogens (primary N) is 1. The lowest BCUT2D eigenvalue weighted by molar-refractivity contribution is 0.354. The van der Waals surface area contributed by atoms with Crippen LogP contribution in [0.15, 0.2) is 41.4 Å². The second-order valence-corrected chi connectivity index (χ2v) is 5.65. The second kappa shape index (κ2) is 8.92. The number of hydrogen-bond donors (Lipinski definition) is 2. The third-order valence-corrected chi connectivity index (χ3v) is 3.84. The van der Waals surface area contributed by atoms with Gasteiger partial charge in [0.25, 0.3) is 0 Å². The minimum atomic E-state index is -0.229. The van der Waals surface area contributed by atoms with Crippen LogP contribution in [0.3, 0.4) is 0 Å². The lowest BCUT2D eigenvalue weighted by atomic mass is 10.1. The Balaban J connectivity index is 1.85. The molecule has 134 valence electrons. The molecule has 2 aromatic rings. The van der Waals surface area contributed by atoms with Crippen molar-refractivity contribution in [2.75, 3.05) is 20.8 Å². The van der Waals surface area contributed by atoms with Gasteiger partial charge in [0.15, 0.2) is 17.5 Å². The van der Waals surface area contributed by atoms with Gasteiger partial charge in [0.05, 0.1) is 20.8 Å². The first-order valence-corrected chi connectivity index (χ1v) is 8.03. The largest absolute Gasteiger partial charge is 0.493 e. The number of nitrogens with zero attached hydrogens (tertiary/aromatic N) is 1. The van der Waals surface area contributed by atoms with E-state index in [2.05, 4.69) is 10.3 Å². The van der Waals surface area contributed by atoms with E-state index in [4.69, 9.17) is 15.2 Å². The van der Waals surface area contributed by atoms with Crippen LogP contribution in [-0.4, -0.2) is 26.7 Å². The van der Waals surface area contributed by atoms with Crippen molar-refractivity contribution in [3.8, 4) is 11.5 Å². The number of methoxy groups -OCH3 is 2. The Labute approximate surface area is 147 Å². The Morgan fingerprint density at radius 1 is 1.08 bits per heavy atom. The number of aryl methyl sites for hydroxylation is 1. The molecule has 0 saturated heterocycles. The fourth-order valence-corrected chi connectivity index (χ4v) is 2.34. The van der Waals surface area contributed by atoms with Gasteiger partial charge in [0, 0.05) is 6.54 Å². The topological polar surface area (TPSA) is 68.9 Å². The zero-order valence-electron chi connectivity index (χ0n) is 14.8. The summed E-state index contributed by atoms with van der Waals surface area (Å²) in [5.74, 6) is 1.50. The molecule has 0 unspecified atom stereocenters. The van der Waals surface area contributed by atoms with E-state index in [-0.39, 0.29) is 5.82 Å². The second-order valence-electron chi connectivity index (χ2n) is 5.65. The first-order chi connectivity index (χ1) is 12.0. The SMILES string of the molecule is COc1ccc(CCNC(N)=NCc2ccc(C)c(F)c2)cc1OC. The number of nitrogens with one attached hydrogen (secondary N) is 1. The van der Waals surface area contributed by atoms with Gasteiger partial charge in [-0.2, -0.15) is 0 Å². The molecule has 0 saturated carbocycles. The van der Waals surface area contributed by atoms with Gasteiger partial charge < -0.3 is 20.5 Å². The lowest BCUT2D eigenvalue weighted by Crippen LogP contribution is -2.33. The Bertz CT molecular complexity index is 747. The number of benzene rings is 2. The van der Waals surface area contributed by atoms with Crippen molar-refractivity contribution in [1.29, 1.82) is 0 Å². The molecule has 0 aromatic heterocycles. The van der Waals surface area contributed by atoms with Crippen molar-refractivity contribution >= 4 is 5.96 Å². The standard InChI is InChI=1S/C19H24FN3O2/c1-13-4-5-15(10-16(13)20)12-23-19(21)22-9-8-14-6-7-17(24-2)18(11-14)25-3/h4-7,10-11H,8-9,12H2,1-3H3,(H3,21,22,23). The maximum absolute atomic E-state index is 13.5. The number of ether oxygens (including phenoxy) is 2. The highest BCUT2D eigenvalue weighted by Crippen LogP contribution is 2.27. The summed E-state index contributed by atoms with van der Waals surface area (Å²) in [5.41, 5.74) is 8.36. The van der Waals surface area contributed by atoms with Gasteiger partial charge in [-0.05, 0) is 48.2 Å². The molecule has 0 radical (unpaired) electrons. The number of guanidine groups is 1. The highest BCUT2D eigenvalue weighted by atomic mass is 19.1. The summed E-state index contributed by atoms with van der Waals surface area (Å²) < 4.78 is 24.0. The molecule has 0 aliphatic heterocycles. The van der Waals surface area contributed by atoms with Crippen LogP contribution in [0.2, 0.25) is 0 Å². The summed E-state index contributed by atoms with van der Waals surface area (Å²) in [4.78, 5) is 4.23. The van der Waals surface area contributed by atoms with Crippen LogP contribution in [0, 0.1) is 12.7 Å². The Morgan fingerprint density at radius 3 is 2.48 bits per heavy atom. The average Bonchev–Trinajstić information content (AvgIpc) is 2.62. The van der Waals surface area contributed by atoms with Gasteiger partial charge in [0.1, 0.15) is 5.82 Å². The van der Waals surface area contributed by atoms with Crippen LogP contribution in [-0.2, 0) is 13.0 Å². The first kappa shape index (κ1) is 18.6. The minimum Gasteiger partial charge on any atom is -0.493 e. The van der Waals surface area contributed by atoms with Crippen LogP contribution in [0.4, 0.5) is 4.39 Å². The lowest BCUT2D eigenvalue weighted by Gasteiger charge is -2.10. The van der Waals surface area contributed by atoms with E-state index in [0.717, 1.165) is 17.5 Å². The molecule has 2 aromatic carbocycles. The number of aliphatic imine (C=N–C) groups is 1. The van der Waals surface area contributed by atoms with Crippen LogP contribution in [0.1, 0.15) is 16.7 Å². The Morgan fingerprint density at radius 2 is 1.80 bits per heavy atom. The third-order valence-electron chi connectivity index (χ3n) is 3.84. The smallest absolute Gasteiger partial charge is 0.188 e. The molecular weight excluding hydrogens is 321 g/mol. The summed E-state index contributed by atoms with van der Waals surface area (Å²) in [6.07, 6.45) is 0.760. The highest BCUT2D eigenvalue weighted by Gasteiger charge is 2.04. The predicted molar refractivity (Wildman–Crippen MR) is 97.7 cm³/mol. The van der Waals surface area contributed by atoms with Gasteiger partial charge in [-0.3, -0.25) is 0 Å². The quantitative estimate of drug-likeness (QED) is 0.598.